The van der Waals surface area contributed by atoms with Crippen LogP contribution in [0.25, 0.3) is 20.8 Å². The van der Waals surface area contributed by atoms with Crippen LogP contribution >= 0.6 is 23.1 Å². The molecule has 0 aliphatic rings. The van der Waals surface area contributed by atoms with Crippen LogP contribution in [0.15, 0.2) is 71.9 Å². The Bertz CT molecular complexity index is 1560. The molecule has 0 saturated carbocycles. The van der Waals surface area contributed by atoms with E-state index in [9.17, 15) is 4.79 Å². The molecular formula is C29H29N5O2S2. The number of hydrogen-bond acceptors (Lipinski definition) is 7. The van der Waals surface area contributed by atoms with E-state index in [0.29, 0.717) is 11.0 Å². The third-order valence-corrected chi connectivity index (χ3v) is 8.26. The molecule has 3 aromatic carbocycles. The van der Waals surface area contributed by atoms with E-state index in [2.05, 4.69) is 59.7 Å². The third kappa shape index (κ3) is 5.89. The van der Waals surface area contributed by atoms with Gasteiger partial charge in [0.1, 0.15) is 10.8 Å². The lowest BCUT2D eigenvalue weighted by atomic mass is 10.2. The van der Waals surface area contributed by atoms with Crippen molar-refractivity contribution in [2.24, 2.45) is 7.05 Å². The van der Waals surface area contributed by atoms with Crippen LogP contribution in [0.2, 0.25) is 0 Å². The summed E-state index contributed by atoms with van der Waals surface area (Å²) in [6, 6.07) is 22.1. The first kappa shape index (κ1) is 25.9. The van der Waals surface area contributed by atoms with Crippen LogP contribution in [0.3, 0.4) is 0 Å². The highest BCUT2D eigenvalue weighted by Gasteiger charge is 2.18. The molecule has 1 amide bonds. The first-order valence-corrected chi connectivity index (χ1v) is 14.2. The summed E-state index contributed by atoms with van der Waals surface area (Å²) in [5, 5.41) is 13.1. The van der Waals surface area contributed by atoms with Crippen LogP contribution in [0.5, 0.6) is 5.75 Å². The molecule has 0 spiro atoms. The Balaban J connectivity index is 1.16. The summed E-state index contributed by atoms with van der Waals surface area (Å²) in [6.45, 7) is 6.15. The van der Waals surface area contributed by atoms with Crippen molar-refractivity contribution in [3.63, 3.8) is 0 Å². The summed E-state index contributed by atoms with van der Waals surface area (Å²) in [4.78, 5) is 17.3. The molecule has 1 N–H and O–H groups in total. The molecule has 38 heavy (non-hydrogen) atoms. The number of carbonyl (C=O) groups is 1. The third-order valence-electron chi connectivity index (χ3n) is 6.17. The van der Waals surface area contributed by atoms with E-state index in [4.69, 9.17) is 9.72 Å². The highest BCUT2D eigenvalue weighted by molar-refractivity contribution is 7.99. The number of anilines is 1. The zero-order valence-corrected chi connectivity index (χ0v) is 23.4. The van der Waals surface area contributed by atoms with Gasteiger partial charge in [-0.2, -0.15) is 0 Å². The van der Waals surface area contributed by atoms with Crippen LogP contribution in [0, 0.1) is 6.92 Å². The van der Waals surface area contributed by atoms with Gasteiger partial charge in [-0.05, 0) is 79.9 Å². The summed E-state index contributed by atoms with van der Waals surface area (Å²) in [7, 11) is 1.89. The lowest BCUT2D eigenvalue weighted by molar-refractivity contribution is -0.113. The Morgan fingerprint density at radius 2 is 1.84 bits per heavy atom. The van der Waals surface area contributed by atoms with Crippen molar-refractivity contribution in [3.05, 3.63) is 83.7 Å². The Morgan fingerprint density at radius 1 is 1.08 bits per heavy atom. The van der Waals surface area contributed by atoms with E-state index in [1.54, 1.807) is 11.3 Å². The number of amides is 1. The molecule has 0 radical (unpaired) electrons. The summed E-state index contributed by atoms with van der Waals surface area (Å²) >= 11 is 3.01. The molecule has 0 saturated heterocycles. The molecule has 1 atom stereocenters. The molecule has 5 aromatic rings. The van der Waals surface area contributed by atoms with E-state index in [1.165, 1.54) is 27.6 Å². The summed E-state index contributed by atoms with van der Waals surface area (Å²) in [5.41, 5.74) is 5.26. The number of nitrogens with one attached hydrogen (secondary N) is 1. The van der Waals surface area contributed by atoms with E-state index < -0.39 is 0 Å². The van der Waals surface area contributed by atoms with Gasteiger partial charge in [0.15, 0.2) is 17.1 Å². The molecule has 2 aromatic heterocycles. The summed E-state index contributed by atoms with van der Waals surface area (Å²) in [5.74, 6) is 1.60. The monoisotopic (exact) mass is 543 g/mol. The van der Waals surface area contributed by atoms with Gasteiger partial charge >= 0.3 is 0 Å². The number of carbonyl (C=O) groups excluding carboxylic acids is 1. The van der Waals surface area contributed by atoms with Gasteiger partial charge in [-0.15, -0.1) is 21.5 Å². The number of ether oxygens (including phenoxy) is 1. The van der Waals surface area contributed by atoms with Crippen LogP contribution in [0.1, 0.15) is 36.9 Å². The largest absolute Gasteiger partial charge is 0.483 e. The number of aromatic nitrogens is 4. The van der Waals surface area contributed by atoms with E-state index in [1.807, 2.05) is 54.9 Å². The zero-order chi connectivity index (χ0) is 26.6. The number of nitrogens with zero attached hydrogens (tertiary/aromatic N) is 4. The molecule has 5 rings (SSSR count). The Morgan fingerprint density at radius 3 is 2.58 bits per heavy atom. The van der Waals surface area contributed by atoms with Crippen LogP contribution < -0.4 is 10.1 Å². The molecule has 7 nitrogen and oxygen atoms in total. The summed E-state index contributed by atoms with van der Waals surface area (Å²) < 4.78 is 9.09. The molecule has 1 unspecified atom stereocenters. The number of thiazole rings is 1. The maximum absolute atomic E-state index is 12.6. The predicted octanol–water partition coefficient (Wildman–Crippen LogP) is 6.83. The van der Waals surface area contributed by atoms with Gasteiger partial charge < -0.3 is 14.6 Å². The van der Waals surface area contributed by atoms with E-state index in [0.717, 1.165) is 33.9 Å². The lowest BCUT2D eigenvalue weighted by Crippen LogP contribution is -2.14. The maximum atomic E-state index is 12.6. The van der Waals surface area contributed by atoms with Crippen molar-refractivity contribution < 1.29 is 9.53 Å². The topological polar surface area (TPSA) is 81.9 Å². The SMILES string of the molecule is CCc1ccc(OC(C)c2nnc(SCC(=O)Nc3ccc(-c4nc5ccc(C)cc5s4)cc3)n2C)cc1. The lowest BCUT2D eigenvalue weighted by Gasteiger charge is -2.14. The van der Waals surface area contributed by atoms with Gasteiger partial charge in [0.05, 0.1) is 16.0 Å². The van der Waals surface area contributed by atoms with Gasteiger partial charge in [0, 0.05) is 18.3 Å². The zero-order valence-electron chi connectivity index (χ0n) is 21.8. The van der Waals surface area contributed by atoms with Crippen molar-refractivity contribution in [3.8, 4) is 16.3 Å². The summed E-state index contributed by atoms with van der Waals surface area (Å²) in [6.07, 6.45) is 0.712. The van der Waals surface area contributed by atoms with Crippen molar-refractivity contribution in [2.75, 3.05) is 11.1 Å². The molecule has 0 fully saturated rings. The van der Waals surface area contributed by atoms with E-state index >= 15 is 0 Å². The van der Waals surface area contributed by atoms with Crippen LogP contribution in [-0.2, 0) is 18.3 Å². The highest BCUT2D eigenvalue weighted by atomic mass is 32.2. The Labute approximate surface area is 230 Å². The van der Waals surface area contributed by atoms with E-state index in [-0.39, 0.29) is 17.8 Å². The average molecular weight is 544 g/mol. The van der Waals surface area contributed by atoms with Gasteiger partial charge in [-0.3, -0.25) is 4.79 Å². The first-order chi connectivity index (χ1) is 18.4. The second kappa shape index (κ2) is 11.4. The van der Waals surface area contributed by atoms with Crippen molar-refractivity contribution in [2.45, 2.75) is 38.5 Å². The van der Waals surface area contributed by atoms with Crippen LogP contribution in [0.4, 0.5) is 5.69 Å². The van der Waals surface area contributed by atoms with Gasteiger partial charge in [-0.1, -0.05) is 36.9 Å². The molecular weight excluding hydrogens is 514 g/mol. The Kier molecular flexibility index (Phi) is 7.76. The molecule has 9 heteroatoms. The Hall–Kier alpha value is -3.69. The fourth-order valence-electron chi connectivity index (χ4n) is 4.05. The molecule has 2 heterocycles. The second-order valence-electron chi connectivity index (χ2n) is 9.06. The van der Waals surface area contributed by atoms with Gasteiger partial charge in [0.25, 0.3) is 0 Å². The fraction of sp³-hybridized carbons (Fsp3) is 0.241. The minimum Gasteiger partial charge on any atom is -0.483 e. The molecule has 0 aliphatic carbocycles. The number of aryl methyl sites for hydroxylation is 2. The fourth-order valence-corrected chi connectivity index (χ4v) is 5.83. The normalized spacial score (nSPS) is 12.0. The quantitative estimate of drug-likeness (QED) is 0.205. The highest BCUT2D eigenvalue weighted by Crippen LogP contribution is 2.31. The number of hydrogen-bond donors (Lipinski definition) is 1. The number of rotatable bonds is 9. The second-order valence-corrected chi connectivity index (χ2v) is 11.0. The standard InChI is InChI=1S/C29H29N5O2S2/c1-5-20-7-13-23(14-8-20)36-19(3)27-32-33-29(34(27)4)37-17-26(35)30-22-11-9-21(10-12-22)28-31-24-15-6-18(2)16-25(24)38-28/h6-16,19H,5,17H2,1-4H3,(H,30,35). The first-order valence-electron chi connectivity index (χ1n) is 12.4. The molecule has 0 aliphatic heterocycles. The number of thioether (sulfide) groups is 1. The number of fused-ring (bicyclic) bond motifs is 1. The maximum Gasteiger partial charge on any atom is 0.234 e. The van der Waals surface area contributed by atoms with Gasteiger partial charge in [-0.25, -0.2) is 4.98 Å². The number of benzene rings is 3. The minimum atomic E-state index is -0.277. The van der Waals surface area contributed by atoms with Crippen molar-refractivity contribution in [1.82, 2.24) is 19.7 Å². The smallest absolute Gasteiger partial charge is 0.234 e. The molecule has 0 bridgehead atoms. The van der Waals surface area contributed by atoms with Gasteiger partial charge in [0.2, 0.25) is 5.91 Å². The van der Waals surface area contributed by atoms with Crippen molar-refractivity contribution in [1.29, 1.82) is 0 Å². The minimum absolute atomic E-state index is 0.108. The average Bonchev–Trinajstić information content (AvgIpc) is 3.51. The molecule has 194 valence electrons. The predicted molar refractivity (Wildman–Crippen MR) is 155 cm³/mol. The van der Waals surface area contributed by atoms with Crippen molar-refractivity contribution >= 4 is 44.9 Å². The van der Waals surface area contributed by atoms with Crippen LogP contribution in [-0.4, -0.2) is 31.4 Å².